The van der Waals surface area contributed by atoms with Crippen LogP contribution in [0.4, 0.5) is 11.6 Å². The number of anilines is 2. The minimum Gasteiger partial charge on any atom is -0.497 e. The Labute approximate surface area is 189 Å². The van der Waals surface area contributed by atoms with E-state index >= 15 is 0 Å². The van der Waals surface area contributed by atoms with Gasteiger partial charge in [0.15, 0.2) is 5.78 Å². The summed E-state index contributed by atoms with van der Waals surface area (Å²) in [5.74, 6) is 4.26. The summed E-state index contributed by atoms with van der Waals surface area (Å²) in [4.78, 5) is 29.3. The van der Waals surface area contributed by atoms with Gasteiger partial charge in [-0.3, -0.25) is 4.79 Å². The third-order valence-electron chi connectivity index (χ3n) is 6.93. The molecule has 0 amide bonds. The number of ketones is 1. The summed E-state index contributed by atoms with van der Waals surface area (Å²) in [6.45, 7) is 7.62. The van der Waals surface area contributed by atoms with E-state index in [1.165, 1.54) is 0 Å². The fourth-order valence-corrected chi connectivity index (χ4v) is 4.92. The van der Waals surface area contributed by atoms with Gasteiger partial charge in [0.25, 0.3) is 0 Å². The van der Waals surface area contributed by atoms with Crippen molar-refractivity contribution in [2.24, 2.45) is 0 Å². The number of benzene rings is 1. The molecule has 2 fully saturated rings. The molecule has 0 atom stereocenters. The van der Waals surface area contributed by atoms with Crippen LogP contribution in [-0.4, -0.2) is 79.7 Å². The van der Waals surface area contributed by atoms with Gasteiger partial charge in [-0.25, -0.2) is 9.97 Å². The number of Topliss-reactive ketones (excluding diaryl/α,β-unsaturated/α-hetero) is 1. The second kappa shape index (κ2) is 8.24. The number of methoxy groups -OCH3 is 1. The van der Waals surface area contributed by atoms with E-state index in [1.807, 2.05) is 19.1 Å². The van der Waals surface area contributed by atoms with E-state index in [-0.39, 0.29) is 5.78 Å². The molecule has 0 N–H and O–H groups in total. The van der Waals surface area contributed by atoms with Gasteiger partial charge in [-0.05, 0) is 32.2 Å². The van der Waals surface area contributed by atoms with Crippen molar-refractivity contribution in [3.05, 3.63) is 35.7 Å². The minimum atomic E-state index is -0.433. The number of fused-ring (bicyclic) bond motifs is 1. The van der Waals surface area contributed by atoms with Gasteiger partial charge in [0.05, 0.1) is 19.1 Å². The largest absolute Gasteiger partial charge is 0.497 e. The molecule has 0 bridgehead atoms. The highest BCUT2D eigenvalue weighted by atomic mass is 16.5. The summed E-state index contributed by atoms with van der Waals surface area (Å²) in [7, 11) is 3.77. The average molecular weight is 438 g/mol. The van der Waals surface area contributed by atoms with Crippen LogP contribution in [0.25, 0.3) is 0 Å². The Bertz CT molecular complexity index is 1010. The highest BCUT2D eigenvalue weighted by Crippen LogP contribution is 2.41. The third kappa shape index (κ3) is 3.99. The molecule has 2 saturated heterocycles. The molecule has 170 valence electrons. The van der Waals surface area contributed by atoms with Crippen LogP contribution in [0.1, 0.15) is 35.4 Å². The second-order valence-electron chi connectivity index (χ2n) is 9.16. The Kier molecular flexibility index (Phi) is 5.41. The topological polar surface area (TPSA) is 71.0 Å². The van der Waals surface area contributed by atoms with Gasteiger partial charge in [0.1, 0.15) is 34.6 Å². The molecule has 1 aromatic carbocycles. The van der Waals surface area contributed by atoms with Crippen LogP contribution in [-0.2, 0) is 0 Å². The standard InChI is InChI=1S/C24H31N5O3/c1-17-25-22(15-23(26-17)29-12-10-27(2)11-13-29)28-8-6-24(7-9-28)16-20(30)19-14-18(31-3)4-5-21(19)32-24/h4-5,14-15H,6-13,16H2,1-3H3. The maximum absolute atomic E-state index is 12.9. The summed E-state index contributed by atoms with van der Waals surface area (Å²) in [6.07, 6.45) is 1.99. The SMILES string of the molecule is COc1ccc2c(c1)C(=O)CC1(CCN(c3cc(N4CCN(C)CC4)nc(C)n3)CC1)O2. The van der Waals surface area contributed by atoms with Crippen molar-refractivity contribution in [2.75, 3.05) is 63.2 Å². The lowest BCUT2D eigenvalue weighted by Gasteiger charge is -2.44. The number of piperidine rings is 1. The van der Waals surface area contributed by atoms with E-state index in [2.05, 4.69) is 27.8 Å². The molecule has 0 unspecified atom stereocenters. The molecule has 5 rings (SSSR count). The molecule has 0 aliphatic carbocycles. The smallest absolute Gasteiger partial charge is 0.170 e. The first-order valence-corrected chi connectivity index (χ1v) is 11.4. The highest BCUT2D eigenvalue weighted by Gasteiger charge is 2.43. The zero-order valence-corrected chi connectivity index (χ0v) is 19.1. The van der Waals surface area contributed by atoms with Crippen LogP contribution in [0.5, 0.6) is 11.5 Å². The van der Waals surface area contributed by atoms with Gasteiger partial charge in [-0.15, -0.1) is 0 Å². The van der Waals surface area contributed by atoms with Gasteiger partial charge in [0, 0.05) is 58.2 Å². The van der Waals surface area contributed by atoms with Gasteiger partial charge in [0.2, 0.25) is 0 Å². The van der Waals surface area contributed by atoms with E-state index < -0.39 is 5.60 Å². The molecule has 1 aromatic heterocycles. The molecule has 0 saturated carbocycles. The Hall–Kier alpha value is -2.87. The summed E-state index contributed by atoms with van der Waals surface area (Å²) in [5, 5.41) is 0. The molecule has 0 radical (unpaired) electrons. The maximum atomic E-state index is 12.9. The van der Waals surface area contributed by atoms with Crippen molar-refractivity contribution in [2.45, 2.75) is 31.8 Å². The number of nitrogens with zero attached hydrogens (tertiary/aromatic N) is 5. The normalized spacial score (nSPS) is 20.8. The van der Waals surface area contributed by atoms with Crippen molar-refractivity contribution in [1.29, 1.82) is 0 Å². The van der Waals surface area contributed by atoms with E-state index in [1.54, 1.807) is 13.2 Å². The van der Waals surface area contributed by atoms with E-state index in [4.69, 9.17) is 19.4 Å². The molecular formula is C24H31N5O3. The highest BCUT2D eigenvalue weighted by molar-refractivity contribution is 6.00. The zero-order chi connectivity index (χ0) is 22.3. The van der Waals surface area contributed by atoms with Gasteiger partial charge in [-0.1, -0.05) is 0 Å². The number of piperazine rings is 1. The van der Waals surface area contributed by atoms with Crippen LogP contribution in [0, 0.1) is 6.92 Å². The number of aryl methyl sites for hydroxylation is 1. The summed E-state index contributed by atoms with van der Waals surface area (Å²) < 4.78 is 11.7. The fourth-order valence-electron chi connectivity index (χ4n) is 4.92. The van der Waals surface area contributed by atoms with Crippen LogP contribution < -0.4 is 19.3 Å². The molecular weight excluding hydrogens is 406 g/mol. The lowest BCUT2D eigenvalue weighted by Crippen LogP contribution is -2.51. The van der Waals surface area contributed by atoms with Crippen LogP contribution in [0.15, 0.2) is 24.3 Å². The number of rotatable bonds is 3. The Morgan fingerprint density at radius 2 is 1.62 bits per heavy atom. The summed E-state index contributed by atoms with van der Waals surface area (Å²) >= 11 is 0. The first-order chi connectivity index (χ1) is 15.4. The molecule has 8 nitrogen and oxygen atoms in total. The quantitative estimate of drug-likeness (QED) is 0.726. The zero-order valence-electron chi connectivity index (χ0n) is 19.1. The van der Waals surface area contributed by atoms with Crippen molar-refractivity contribution in [3.63, 3.8) is 0 Å². The molecule has 8 heteroatoms. The van der Waals surface area contributed by atoms with Crippen molar-refractivity contribution >= 4 is 17.4 Å². The lowest BCUT2D eigenvalue weighted by atomic mass is 9.82. The third-order valence-corrected chi connectivity index (χ3v) is 6.93. The second-order valence-corrected chi connectivity index (χ2v) is 9.16. The number of hydrogen-bond acceptors (Lipinski definition) is 8. The van der Waals surface area contributed by atoms with E-state index in [0.717, 1.165) is 69.6 Å². The number of carbonyl (C=O) groups excluding carboxylic acids is 1. The first kappa shape index (κ1) is 21.0. The number of carbonyl (C=O) groups is 1. The minimum absolute atomic E-state index is 0.133. The molecule has 2 aromatic rings. The Balaban J connectivity index is 1.30. The van der Waals surface area contributed by atoms with E-state index in [0.29, 0.717) is 23.5 Å². The van der Waals surface area contributed by atoms with Crippen molar-refractivity contribution in [3.8, 4) is 11.5 Å². The van der Waals surface area contributed by atoms with Crippen LogP contribution in [0.3, 0.4) is 0 Å². The lowest BCUT2D eigenvalue weighted by molar-refractivity contribution is 0.0230. The summed E-state index contributed by atoms with van der Waals surface area (Å²) in [6, 6.07) is 7.60. The number of likely N-dealkylation sites (N-methyl/N-ethyl adjacent to an activating group) is 1. The van der Waals surface area contributed by atoms with Gasteiger partial charge >= 0.3 is 0 Å². The monoisotopic (exact) mass is 437 g/mol. The van der Waals surface area contributed by atoms with Crippen LogP contribution in [0.2, 0.25) is 0 Å². The summed E-state index contributed by atoms with van der Waals surface area (Å²) in [5.41, 5.74) is 0.193. The molecule has 4 heterocycles. The number of ether oxygens (including phenoxy) is 2. The maximum Gasteiger partial charge on any atom is 0.170 e. The van der Waals surface area contributed by atoms with E-state index in [9.17, 15) is 4.79 Å². The predicted molar refractivity (Wildman–Crippen MR) is 123 cm³/mol. The Morgan fingerprint density at radius 3 is 2.28 bits per heavy atom. The van der Waals surface area contributed by atoms with Gasteiger partial charge in [-0.2, -0.15) is 0 Å². The van der Waals surface area contributed by atoms with Crippen LogP contribution >= 0.6 is 0 Å². The number of hydrogen-bond donors (Lipinski definition) is 0. The molecule has 3 aliphatic heterocycles. The van der Waals surface area contributed by atoms with Crippen molar-refractivity contribution in [1.82, 2.24) is 14.9 Å². The van der Waals surface area contributed by atoms with Gasteiger partial charge < -0.3 is 24.2 Å². The number of aromatic nitrogens is 2. The molecule has 3 aliphatic rings. The Morgan fingerprint density at radius 1 is 0.969 bits per heavy atom. The first-order valence-electron chi connectivity index (χ1n) is 11.4. The van der Waals surface area contributed by atoms with Crippen molar-refractivity contribution < 1.29 is 14.3 Å². The molecule has 1 spiro atoms. The molecule has 32 heavy (non-hydrogen) atoms. The predicted octanol–water partition coefficient (Wildman–Crippen LogP) is 2.55. The average Bonchev–Trinajstić information content (AvgIpc) is 2.79. The fraction of sp³-hybridized carbons (Fsp3) is 0.542.